The molecular formula is C24H23ClN2OS. The molecule has 1 fully saturated rings. The Morgan fingerprint density at radius 2 is 1.38 bits per heavy atom. The number of piperazine rings is 1. The number of hydrogen-bond acceptors (Lipinski definition) is 3. The molecule has 1 atom stereocenters. The first-order valence-corrected chi connectivity index (χ1v) is 10.6. The van der Waals surface area contributed by atoms with Crippen LogP contribution in [0.15, 0.2) is 83.8 Å². The first-order chi connectivity index (χ1) is 14.1. The lowest BCUT2D eigenvalue weighted by Crippen LogP contribution is -2.49. The summed E-state index contributed by atoms with van der Waals surface area (Å²) in [6.45, 7) is 3.00. The van der Waals surface area contributed by atoms with E-state index < -0.39 is 0 Å². The van der Waals surface area contributed by atoms with Crippen LogP contribution in [0.5, 0.6) is 0 Å². The minimum Gasteiger partial charge on any atom is -0.336 e. The van der Waals surface area contributed by atoms with Crippen LogP contribution < -0.4 is 0 Å². The van der Waals surface area contributed by atoms with Crippen molar-refractivity contribution < 1.29 is 4.79 Å². The molecule has 4 rings (SSSR count). The zero-order valence-electron chi connectivity index (χ0n) is 16.0. The molecule has 29 heavy (non-hydrogen) atoms. The molecule has 0 N–H and O–H groups in total. The minimum absolute atomic E-state index is 0.0537. The summed E-state index contributed by atoms with van der Waals surface area (Å²) in [4.78, 5) is 18.0. The lowest BCUT2D eigenvalue weighted by molar-refractivity contribution is 0.0594. The van der Waals surface area contributed by atoms with E-state index >= 15 is 0 Å². The summed E-state index contributed by atoms with van der Waals surface area (Å²) in [5, 5.41) is 0.737. The van der Waals surface area contributed by atoms with E-state index in [9.17, 15) is 4.79 Å². The van der Waals surface area contributed by atoms with Gasteiger partial charge in [-0.05, 0) is 35.4 Å². The number of carbonyl (C=O) groups is 1. The summed E-state index contributed by atoms with van der Waals surface area (Å²) in [7, 11) is 0. The Morgan fingerprint density at radius 1 is 0.793 bits per heavy atom. The van der Waals surface area contributed by atoms with Crippen molar-refractivity contribution in [1.82, 2.24) is 9.80 Å². The number of hydrogen-bond donors (Lipinski definition) is 1. The number of benzene rings is 3. The van der Waals surface area contributed by atoms with E-state index in [1.807, 2.05) is 47.4 Å². The summed E-state index contributed by atoms with van der Waals surface area (Å²) >= 11 is 10.6. The number of halogens is 1. The summed E-state index contributed by atoms with van der Waals surface area (Å²) in [5.41, 5.74) is 3.12. The van der Waals surface area contributed by atoms with E-state index in [1.54, 1.807) is 0 Å². The minimum atomic E-state index is 0.0537. The zero-order valence-corrected chi connectivity index (χ0v) is 17.7. The molecule has 0 bridgehead atoms. The topological polar surface area (TPSA) is 23.6 Å². The summed E-state index contributed by atoms with van der Waals surface area (Å²) in [6, 6.07) is 26.2. The van der Waals surface area contributed by atoms with Gasteiger partial charge in [-0.15, -0.1) is 12.6 Å². The highest BCUT2D eigenvalue weighted by Crippen LogP contribution is 2.30. The Hall–Kier alpha value is -2.27. The van der Waals surface area contributed by atoms with Gasteiger partial charge in [0.05, 0.1) is 11.6 Å². The molecule has 1 aliphatic heterocycles. The highest BCUT2D eigenvalue weighted by molar-refractivity contribution is 7.80. The Kier molecular flexibility index (Phi) is 6.24. The second kappa shape index (κ2) is 9.04. The molecule has 148 valence electrons. The second-order valence-corrected chi connectivity index (χ2v) is 8.13. The lowest BCUT2D eigenvalue weighted by atomic mass is 9.96. The van der Waals surface area contributed by atoms with Gasteiger partial charge >= 0.3 is 0 Å². The maximum absolute atomic E-state index is 12.9. The molecule has 5 heteroatoms. The van der Waals surface area contributed by atoms with Crippen LogP contribution in [-0.2, 0) is 0 Å². The number of carbonyl (C=O) groups excluding carboxylic acids is 1. The third-order valence-corrected chi connectivity index (χ3v) is 6.04. The van der Waals surface area contributed by atoms with Gasteiger partial charge in [-0.25, -0.2) is 0 Å². The van der Waals surface area contributed by atoms with Gasteiger partial charge in [-0.2, -0.15) is 0 Å². The van der Waals surface area contributed by atoms with E-state index in [4.69, 9.17) is 11.6 Å². The molecule has 1 unspecified atom stereocenters. The lowest BCUT2D eigenvalue weighted by Gasteiger charge is -2.40. The Balaban J connectivity index is 1.53. The molecule has 0 radical (unpaired) electrons. The quantitative estimate of drug-likeness (QED) is 0.586. The smallest absolute Gasteiger partial charge is 0.255 e. The van der Waals surface area contributed by atoms with E-state index in [0.717, 1.165) is 23.0 Å². The SMILES string of the molecule is O=C(c1ccccc1S)N1CCN(C(c2ccccc2)c2ccc(Cl)cc2)CC1. The second-order valence-electron chi connectivity index (χ2n) is 7.21. The molecule has 1 amide bonds. The highest BCUT2D eigenvalue weighted by Gasteiger charge is 2.29. The fourth-order valence-corrected chi connectivity index (χ4v) is 4.28. The van der Waals surface area contributed by atoms with Crippen LogP contribution >= 0.6 is 24.2 Å². The molecular weight excluding hydrogens is 400 g/mol. The summed E-state index contributed by atoms with van der Waals surface area (Å²) < 4.78 is 0. The number of rotatable bonds is 4. The van der Waals surface area contributed by atoms with Crippen LogP contribution in [0.25, 0.3) is 0 Å². The van der Waals surface area contributed by atoms with Gasteiger partial charge in [0.1, 0.15) is 0 Å². The van der Waals surface area contributed by atoms with Gasteiger partial charge < -0.3 is 4.90 Å². The van der Waals surface area contributed by atoms with Crippen LogP contribution in [0.2, 0.25) is 5.02 Å². The van der Waals surface area contributed by atoms with E-state index in [-0.39, 0.29) is 11.9 Å². The van der Waals surface area contributed by atoms with Gasteiger partial charge in [-0.3, -0.25) is 9.69 Å². The van der Waals surface area contributed by atoms with Crippen LogP contribution in [0, 0.1) is 0 Å². The van der Waals surface area contributed by atoms with Crippen molar-refractivity contribution in [2.24, 2.45) is 0 Å². The van der Waals surface area contributed by atoms with Crippen LogP contribution in [0.4, 0.5) is 0 Å². The van der Waals surface area contributed by atoms with Crippen molar-refractivity contribution in [3.63, 3.8) is 0 Å². The predicted molar refractivity (Wildman–Crippen MR) is 121 cm³/mol. The van der Waals surface area contributed by atoms with Crippen LogP contribution in [0.3, 0.4) is 0 Å². The fourth-order valence-electron chi connectivity index (χ4n) is 3.90. The number of thiol groups is 1. The standard InChI is InChI=1S/C24H23ClN2OS/c25-20-12-10-19(11-13-20)23(18-6-2-1-3-7-18)26-14-16-27(17-15-26)24(28)21-8-4-5-9-22(21)29/h1-13,23,29H,14-17H2. The molecule has 0 spiro atoms. The number of nitrogens with zero attached hydrogens (tertiary/aromatic N) is 2. The van der Waals surface area contributed by atoms with Gasteiger partial charge in [-0.1, -0.05) is 66.2 Å². The van der Waals surface area contributed by atoms with Crippen molar-refractivity contribution in [2.75, 3.05) is 26.2 Å². The molecule has 3 nitrogen and oxygen atoms in total. The van der Waals surface area contributed by atoms with Gasteiger partial charge in [0.25, 0.3) is 5.91 Å². The average molecular weight is 423 g/mol. The van der Waals surface area contributed by atoms with Gasteiger partial charge in [0.2, 0.25) is 0 Å². The normalized spacial score (nSPS) is 15.9. The van der Waals surface area contributed by atoms with E-state index in [2.05, 4.69) is 53.9 Å². The molecule has 0 aromatic heterocycles. The van der Waals surface area contributed by atoms with Crippen molar-refractivity contribution >= 4 is 30.1 Å². The maximum Gasteiger partial charge on any atom is 0.255 e. The third kappa shape index (κ3) is 4.50. The zero-order chi connectivity index (χ0) is 20.2. The monoisotopic (exact) mass is 422 g/mol. The Morgan fingerprint density at radius 3 is 2.03 bits per heavy atom. The first kappa shape index (κ1) is 20.0. The highest BCUT2D eigenvalue weighted by atomic mass is 35.5. The maximum atomic E-state index is 12.9. The van der Waals surface area contributed by atoms with Crippen LogP contribution in [0.1, 0.15) is 27.5 Å². The van der Waals surface area contributed by atoms with Crippen LogP contribution in [-0.4, -0.2) is 41.9 Å². The fraction of sp³-hybridized carbons (Fsp3) is 0.208. The average Bonchev–Trinajstić information content (AvgIpc) is 2.76. The predicted octanol–water partition coefficient (Wildman–Crippen LogP) is 5.18. The molecule has 1 heterocycles. The van der Waals surface area contributed by atoms with Crippen molar-refractivity contribution in [3.8, 4) is 0 Å². The number of amides is 1. The molecule has 1 saturated heterocycles. The van der Waals surface area contributed by atoms with E-state index in [0.29, 0.717) is 18.7 Å². The summed E-state index contributed by atoms with van der Waals surface area (Å²) in [6.07, 6.45) is 0. The van der Waals surface area contributed by atoms with E-state index in [1.165, 1.54) is 11.1 Å². The van der Waals surface area contributed by atoms with Crippen molar-refractivity contribution in [2.45, 2.75) is 10.9 Å². The molecule has 0 saturated carbocycles. The van der Waals surface area contributed by atoms with Gasteiger partial charge in [0, 0.05) is 36.1 Å². The molecule has 1 aliphatic rings. The molecule has 0 aliphatic carbocycles. The first-order valence-electron chi connectivity index (χ1n) is 9.75. The third-order valence-electron chi connectivity index (χ3n) is 5.40. The largest absolute Gasteiger partial charge is 0.336 e. The van der Waals surface area contributed by atoms with Crippen molar-refractivity contribution in [3.05, 3.63) is 101 Å². The Bertz CT molecular complexity index is 970. The molecule has 3 aromatic carbocycles. The summed E-state index contributed by atoms with van der Waals surface area (Å²) in [5.74, 6) is 0.0537. The van der Waals surface area contributed by atoms with Crippen molar-refractivity contribution in [1.29, 1.82) is 0 Å². The van der Waals surface area contributed by atoms with Gasteiger partial charge in [0.15, 0.2) is 0 Å². The Labute approximate surface area is 182 Å². The molecule has 3 aromatic rings.